The highest BCUT2D eigenvalue weighted by molar-refractivity contribution is 6.00. The van der Waals surface area contributed by atoms with E-state index in [0.717, 1.165) is 5.06 Å². The number of carbonyl (C=O) groups excluding carboxylic acids is 2. The third-order valence-electron chi connectivity index (χ3n) is 2.95. The predicted octanol–water partition coefficient (Wildman–Crippen LogP) is 0.00950. The highest BCUT2D eigenvalue weighted by Gasteiger charge is 2.35. The fraction of sp³-hybridized carbons (Fsp3) is 0.667. The van der Waals surface area contributed by atoms with Crippen LogP contribution in [0.5, 0.6) is 0 Å². The van der Waals surface area contributed by atoms with Crippen molar-refractivity contribution in [1.82, 2.24) is 5.06 Å². The molecule has 0 aliphatic carbocycles. The molecule has 2 heterocycles. The minimum atomic E-state index is -0.794. The van der Waals surface area contributed by atoms with Crippen molar-refractivity contribution in [1.29, 1.82) is 0 Å². The average molecular weight is 271 g/mol. The van der Waals surface area contributed by atoms with Crippen LogP contribution in [0.15, 0.2) is 12.2 Å². The summed E-state index contributed by atoms with van der Waals surface area (Å²) in [5, 5.41) is 0.770. The summed E-state index contributed by atoms with van der Waals surface area (Å²) in [4.78, 5) is 28.1. The van der Waals surface area contributed by atoms with Crippen LogP contribution in [0.2, 0.25) is 0 Å². The second kappa shape index (κ2) is 6.25. The van der Waals surface area contributed by atoms with Gasteiger partial charge in [-0.3, -0.25) is 9.59 Å². The van der Waals surface area contributed by atoms with Crippen LogP contribution < -0.4 is 0 Å². The molecule has 2 rings (SSSR count). The van der Waals surface area contributed by atoms with Gasteiger partial charge >= 0.3 is 0 Å². The van der Waals surface area contributed by atoms with Crippen LogP contribution in [0.25, 0.3) is 0 Å². The van der Waals surface area contributed by atoms with Gasteiger partial charge in [-0.1, -0.05) is 6.08 Å². The van der Waals surface area contributed by atoms with E-state index in [1.54, 1.807) is 26.4 Å². The van der Waals surface area contributed by atoms with Gasteiger partial charge in [0.15, 0.2) is 0 Å². The number of hydroxylamine groups is 2. The van der Waals surface area contributed by atoms with Gasteiger partial charge in [-0.05, 0) is 6.08 Å². The van der Waals surface area contributed by atoms with Crippen LogP contribution in [0.1, 0.15) is 12.8 Å². The highest BCUT2D eigenvalue weighted by Crippen LogP contribution is 2.20. The summed E-state index contributed by atoms with van der Waals surface area (Å²) >= 11 is 0. The zero-order valence-corrected chi connectivity index (χ0v) is 10.9. The van der Waals surface area contributed by atoms with E-state index in [9.17, 15) is 9.59 Å². The summed E-state index contributed by atoms with van der Waals surface area (Å²) in [5.74, 6) is -0.696. The number of rotatable bonds is 5. The maximum absolute atomic E-state index is 11.4. The Morgan fingerprint density at radius 2 is 1.95 bits per heavy atom. The van der Waals surface area contributed by atoms with Crippen LogP contribution >= 0.6 is 0 Å². The fourth-order valence-corrected chi connectivity index (χ4v) is 1.99. The van der Waals surface area contributed by atoms with E-state index >= 15 is 0 Å². The molecule has 0 unspecified atom stereocenters. The summed E-state index contributed by atoms with van der Waals surface area (Å²) in [6.07, 6.45) is 2.34. The molecule has 0 aromatic carbocycles. The van der Waals surface area contributed by atoms with Gasteiger partial charge in [-0.25, -0.2) is 4.84 Å². The minimum absolute atomic E-state index is 0.178. The van der Waals surface area contributed by atoms with E-state index in [1.165, 1.54) is 0 Å². The lowest BCUT2D eigenvalue weighted by Crippen LogP contribution is -2.43. The Hall–Kier alpha value is -1.28. The standard InChI is InChI=1S/C12H17NO6/c1-16-7-9-8(17-2)3-6-12(18-9)19-13-10(14)4-5-11(13)15/h3,6,8-9,12H,4-5,7H2,1-2H3/t8-,9+,12+/m0/s1. The van der Waals surface area contributed by atoms with Gasteiger partial charge in [0, 0.05) is 27.1 Å². The first-order chi connectivity index (χ1) is 9.15. The topological polar surface area (TPSA) is 74.3 Å². The molecule has 19 heavy (non-hydrogen) atoms. The number of methoxy groups -OCH3 is 2. The molecule has 2 amide bonds. The molecule has 0 saturated carbocycles. The SMILES string of the molecule is COC[C@H]1O[C@H](ON2C(=O)CCC2=O)C=C[C@@H]1OC. The van der Waals surface area contributed by atoms with Gasteiger partial charge in [0.05, 0.1) is 6.61 Å². The molecule has 1 saturated heterocycles. The normalized spacial score (nSPS) is 31.3. The van der Waals surface area contributed by atoms with Crippen molar-refractivity contribution in [2.45, 2.75) is 31.3 Å². The zero-order chi connectivity index (χ0) is 13.8. The van der Waals surface area contributed by atoms with Gasteiger partial charge in [-0.15, -0.1) is 0 Å². The lowest BCUT2D eigenvalue weighted by Gasteiger charge is -2.31. The second-order valence-corrected chi connectivity index (χ2v) is 4.27. The average Bonchev–Trinajstić information content (AvgIpc) is 2.71. The molecule has 0 spiro atoms. The molecular formula is C12H17NO6. The van der Waals surface area contributed by atoms with Crippen molar-refractivity contribution in [3.8, 4) is 0 Å². The highest BCUT2D eigenvalue weighted by atomic mass is 16.8. The van der Waals surface area contributed by atoms with E-state index in [2.05, 4.69) is 0 Å². The Labute approximate surface area is 111 Å². The zero-order valence-electron chi connectivity index (χ0n) is 10.9. The van der Waals surface area contributed by atoms with Crippen molar-refractivity contribution in [2.24, 2.45) is 0 Å². The van der Waals surface area contributed by atoms with Crippen molar-refractivity contribution < 1.29 is 28.6 Å². The number of imide groups is 1. The maximum Gasteiger partial charge on any atom is 0.254 e. The largest absolute Gasteiger partial charge is 0.382 e. The molecule has 7 nitrogen and oxygen atoms in total. The molecule has 0 bridgehead atoms. The summed E-state index contributed by atoms with van der Waals surface area (Å²) in [6, 6.07) is 0. The molecule has 0 aromatic heterocycles. The molecule has 7 heteroatoms. The smallest absolute Gasteiger partial charge is 0.254 e. The van der Waals surface area contributed by atoms with E-state index in [-0.39, 0.29) is 36.9 Å². The molecule has 0 aromatic rings. The lowest BCUT2D eigenvalue weighted by molar-refractivity contribution is -0.266. The molecule has 2 aliphatic heterocycles. The first-order valence-corrected chi connectivity index (χ1v) is 6.03. The van der Waals surface area contributed by atoms with Crippen molar-refractivity contribution in [2.75, 3.05) is 20.8 Å². The van der Waals surface area contributed by atoms with Gasteiger partial charge < -0.3 is 14.2 Å². The van der Waals surface area contributed by atoms with Crippen LogP contribution in [-0.2, 0) is 28.6 Å². The number of hydrogen-bond acceptors (Lipinski definition) is 6. The second-order valence-electron chi connectivity index (χ2n) is 4.27. The van der Waals surface area contributed by atoms with E-state index in [0.29, 0.717) is 6.61 Å². The number of carbonyl (C=O) groups is 2. The third-order valence-corrected chi connectivity index (χ3v) is 2.95. The molecule has 0 N–H and O–H groups in total. The number of nitrogens with zero attached hydrogens (tertiary/aromatic N) is 1. The summed E-state index contributed by atoms with van der Waals surface area (Å²) in [6.45, 7) is 0.324. The number of hydrogen-bond donors (Lipinski definition) is 0. The van der Waals surface area contributed by atoms with E-state index in [1.807, 2.05) is 0 Å². The molecule has 3 atom stereocenters. The molecular weight excluding hydrogens is 254 g/mol. The van der Waals surface area contributed by atoms with E-state index < -0.39 is 6.29 Å². The fourth-order valence-electron chi connectivity index (χ4n) is 1.99. The minimum Gasteiger partial charge on any atom is -0.382 e. The summed E-state index contributed by atoms with van der Waals surface area (Å²) in [7, 11) is 3.12. The van der Waals surface area contributed by atoms with Gasteiger partial charge in [0.2, 0.25) is 6.29 Å². The first kappa shape index (κ1) is 14.1. The molecule has 2 aliphatic rings. The van der Waals surface area contributed by atoms with Crippen LogP contribution in [0.4, 0.5) is 0 Å². The molecule has 106 valence electrons. The third kappa shape index (κ3) is 3.19. The Balaban J connectivity index is 1.98. The predicted molar refractivity (Wildman–Crippen MR) is 62.6 cm³/mol. The van der Waals surface area contributed by atoms with E-state index in [4.69, 9.17) is 19.0 Å². The molecule has 0 radical (unpaired) electrons. The summed E-state index contributed by atoms with van der Waals surface area (Å²) < 4.78 is 15.8. The summed E-state index contributed by atoms with van der Waals surface area (Å²) in [5.41, 5.74) is 0. The molecule has 1 fully saturated rings. The first-order valence-electron chi connectivity index (χ1n) is 6.03. The van der Waals surface area contributed by atoms with Crippen LogP contribution in [-0.4, -0.2) is 56.2 Å². The number of ether oxygens (including phenoxy) is 3. The van der Waals surface area contributed by atoms with Gasteiger partial charge in [0.25, 0.3) is 11.8 Å². The Kier molecular flexibility index (Phi) is 4.65. The van der Waals surface area contributed by atoms with Gasteiger partial charge in [0.1, 0.15) is 12.2 Å². The van der Waals surface area contributed by atoms with Crippen LogP contribution in [0, 0.1) is 0 Å². The van der Waals surface area contributed by atoms with Crippen molar-refractivity contribution in [3.05, 3.63) is 12.2 Å². The lowest BCUT2D eigenvalue weighted by atomic mass is 10.1. The monoisotopic (exact) mass is 271 g/mol. The Morgan fingerprint density at radius 3 is 2.53 bits per heavy atom. The number of amides is 2. The van der Waals surface area contributed by atoms with Crippen LogP contribution in [0.3, 0.4) is 0 Å². The quantitative estimate of drug-likeness (QED) is 0.518. The maximum atomic E-state index is 11.4. The van der Waals surface area contributed by atoms with Gasteiger partial charge in [-0.2, -0.15) is 5.06 Å². The van der Waals surface area contributed by atoms with Crippen molar-refractivity contribution in [3.63, 3.8) is 0 Å². The van der Waals surface area contributed by atoms with Crippen molar-refractivity contribution >= 4 is 11.8 Å². The Bertz CT molecular complexity index is 366. The Morgan fingerprint density at radius 1 is 1.26 bits per heavy atom.